The van der Waals surface area contributed by atoms with Crippen molar-refractivity contribution in [3.63, 3.8) is 0 Å². The smallest absolute Gasteiger partial charge is 0.0985 e. The minimum atomic E-state index is 0.983. The Morgan fingerprint density at radius 3 is 2.42 bits per heavy atom. The molecule has 0 aliphatic carbocycles. The van der Waals surface area contributed by atoms with Gasteiger partial charge in [-0.25, -0.2) is 4.98 Å². The van der Waals surface area contributed by atoms with Crippen molar-refractivity contribution in [2.24, 2.45) is 0 Å². The summed E-state index contributed by atoms with van der Waals surface area (Å²) < 4.78 is 4.90. The molecular formula is C32H19N3S. The van der Waals surface area contributed by atoms with Crippen LogP contribution in [-0.4, -0.2) is 14.5 Å². The fourth-order valence-electron chi connectivity index (χ4n) is 5.37. The van der Waals surface area contributed by atoms with E-state index in [4.69, 9.17) is 9.97 Å². The van der Waals surface area contributed by atoms with Gasteiger partial charge in [0.15, 0.2) is 0 Å². The summed E-state index contributed by atoms with van der Waals surface area (Å²) in [7, 11) is 0. The SMILES string of the molecule is c1ccc(-c2ccc3c(n2)c2c4sc5ccccc5c4ccc2n3-c2cnc3ccccc3c2)cc1. The van der Waals surface area contributed by atoms with E-state index in [0.29, 0.717) is 0 Å². The molecule has 4 heteroatoms. The maximum absolute atomic E-state index is 5.27. The monoisotopic (exact) mass is 477 g/mol. The number of benzene rings is 4. The van der Waals surface area contributed by atoms with Crippen LogP contribution in [0.2, 0.25) is 0 Å². The molecule has 0 spiro atoms. The predicted molar refractivity (Wildman–Crippen MR) is 152 cm³/mol. The van der Waals surface area contributed by atoms with Crippen LogP contribution >= 0.6 is 11.3 Å². The molecule has 4 heterocycles. The zero-order valence-electron chi connectivity index (χ0n) is 19.2. The summed E-state index contributed by atoms with van der Waals surface area (Å²) in [6, 6.07) is 38.4. The lowest BCUT2D eigenvalue weighted by atomic mass is 10.1. The van der Waals surface area contributed by atoms with E-state index in [0.717, 1.165) is 44.4 Å². The topological polar surface area (TPSA) is 30.7 Å². The number of para-hydroxylation sites is 1. The molecule has 0 N–H and O–H groups in total. The highest BCUT2D eigenvalue weighted by atomic mass is 32.1. The molecule has 4 aromatic heterocycles. The maximum atomic E-state index is 5.27. The molecule has 0 bridgehead atoms. The summed E-state index contributed by atoms with van der Waals surface area (Å²) in [5.41, 5.74) is 7.41. The molecule has 0 amide bonds. The van der Waals surface area contributed by atoms with E-state index in [-0.39, 0.29) is 0 Å². The molecule has 0 aliphatic heterocycles. The average molecular weight is 478 g/mol. The van der Waals surface area contributed by atoms with E-state index in [9.17, 15) is 0 Å². The third-order valence-electron chi connectivity index (χ3n) is 7.02. The minimum absolute atomic E-state index is 0.983. The summed E-state index contributed by atoms with van der Waals surface area (Å²) in [5, 5.41) is 4.91. The lowest BCUT2D eigenvalue weighted by molar-refractivity contribution is 1.16. The second kappa shape index (κ2) is 7.48. The molecule has 0 saturated carbocycles. The van der Waals surface area contributed by atoms with E-state index >= 15 is 0 Å². The van der Waals surface area contributed by atoms with Gasteiger partial charge in [-0.2, -0.15) is 0 Å². The Balaban J connectivity index is 1.53. The fourth-order valence-corrected chi connectivity index (χ4v) is 6.61. The molecule has 4 aromatic carbocycles. The number of fused-ring (bicyclic) bond motifs is 8. The van der Waals surface area contributed by atoms with Crippen molar-refractivity contribution in [1.82, 2.24) is 14.5 Å². The van der Waals surface area contributed by atoms with Crippen LogP contribution < -0.4 is 0 Å². The molecule has 0 radical (unpaired) electrons. The molecular weight excluding hydrogens is 458 g/mol. The quantitative estimate of drug-likeness (QED) is 0.249. The van der Waals surface area contributed by atoms with Gasteiger partial charge in [-0.3, -0.25) is 4.98 Å². The summed E-state index contributed by atoms with van der Waals surface area (Å²) in [6.07, 6.45) is 1.97. The van der Waals surface area contributed by atoms with Gasteiger partial charge in [0.1, 0.15) is 0 Å². The largest absolute Gasteiger partial charge is 0.306 e. The molecule has 3 nitrogen and oxygen atoms in total. The normalized spacial score (nSPS) is 11.9. The van der Waals surface area contributed by atoms with E-state index in [2.05, 4.69) is 102 Å². The van der Waals surface area contributed by atoms with E-state index < -0.39 is 0 Å². The summed E-state index contributed by atoms with van der Waals surface area (Å²) in [4.78, 5) is 10.0. The van der Waals surface area contributed by atoms with Crippen LogP contribution in [0.3, 0.4) is 0 Å². The van der Waals surface area contributed by atoms with E-state index in [1.54, 1.807) is 0 Å². The minimum Gasteiger partial charge on any atom is -0.306 e. The van der Waals surface area contributed by atoms with Crippen LogP contribution in [0.15, 0.2) is 115 Å². The number of pyridine rings is 2. The van der Waals surface area contributed by atoms with Gasteiger partial charge >= 0.3 is 0 Å². The van der Waals surface area contributed by atoms with Crippen molar-refractivity contribution in [1.29, 1.82) is 0 Å². The van der Waals surface area contributed by atoms with Crippen molar-refractivity contribution in [3.8, 4) is 16.9 Å². The number of nitrogens with zero attached hydrogens (tertiary/aromatic N) is 3. The highest BCUT2D eigenvalue weighted by Gasteiger charge is 2.19. The molecule has 36 heavy (non-hydrogen) atoms. The fraction of sp³-hybridized carbons (Fsp3) is 0. The second-order valence-electron chi connectivity index (χ2n) is 9.09. The van der Waals surface area contributed by atoms with Gasteiger partial charge < -0.3 is 4.57 Å². The highest BCUT2D eigenvalue weighted by molar-refractivity contribution is 7.26. The second-order valence-corrected chi connectivity index (χ2v) is 10.1. The Morgan fingerprint density at radius 1 is 0.667 bits per heavy atom. The molecule has 0 unspecified atom stereocenters. The van der Waals surface area contributed by atoms with Crippen molar-refractivity contribution >= 4 is 64.3 Å². The average Bonchev–Trinajstić information content (AvgIpc) is 3.48. The lowest BCUT2D eigenvalue weighted by Gasteiger charge is -2.09. The first-order valence-corrected chi connectivity index (χ1v) is 12.8. The summed E-state index contributed by atoms with van der Waals surface area (Å²) >= 11 is 1.85. The first-order valence-electron chi connectivity index (χ1n) is 12.0. The zero-order chi connectivity index (χ0) is 23.6. The molecule has 8 aromatic rings. The van der Waals surface area contributed by atoms with Gasteiger partial charge in [-0.05, 0) is 36.4 Å². The first-order chi connectivity index (χ1) is 17.8. The lowest BCUT2D eigenvalue weighted by Crippen LogP contribution is -1.95. The van der Waals surface area contributed by atoms with E-state index in [1.165, 1.54) is 25.6 Å². The molecule has 0 aliphatic rings. The van der Waals surface area contributed by atoms with Crippen LogP contribution in [0.25, 0.3) is 70.0 Å². The highest BCUT2D eigenvalue weighted by Crippen LogP contribution is 2.43. The van der Waals surface area contributed by atoms with Crippen LogP contribution in [0.5, 0.6) is 0 Å². The van der Waals surface area contributed by atoms with Crippen molar-refractivity contribution in [2.75, 3.05) is 0 Å². The van der Waals surface area contributed by atoms with Crippen LogP contribution in [0.1, 0.15) is 0 Å². The molecule has 0 atom stereocenters. The molecule has 168 valence electrons. The Bertz CT molecular complexity index is 2100. The van der Waals surface area contributed by atoms with Gasteiger partial charge in [-0.1, -0.05) is 72.8 Å². The van der Waals surface area contributed by atoms with Crippen molar-refractivity contribution in [3.05, 3.63) is 115 Å². The van der Waals surface area contributed by atoms with Crippen LogP contribution in [0.4, 0.5) is 0 Å². The summed E-state index contributed by atoms with van der Waals surface area (Å²) in [6.45, 7) is 0. The van der Waals surface area contributed by atoms with Crippen LogP contribution in [-0.2, 0) is 0 Å². The van der Waals surface area contributed by atoms with E-state index in [1.807, 2.05) is 29.7 Å². The number of rotatable bonds is 2. The third kappa shape index (κ3) is 2.79. The van der Waals surface area contributed by atoms with Gasteiger partial charge in [0, 0.05) is 36.5 Å². The predicted octanol–water partition coefficient (Wildman–Crippen LogP) is 8.76. The summed E-state index contributed by atoms with van der Waals surface area (Å²) in [5.74, 6) is 0. The molecule has 0 fully saturated rings. The van der Waals surface area contributed by atoms with Crippen molar-refractivity contribution < 1.29 is 0 Å². The standard InChI is InChI=1S/C32H19N3S/c1-2-8-20(9-3-1)26-15-17-28-31(34-26)30-27(16-14-24-23-11-5-7-13-29(23)36-32(24)30)35(28)22-18-21-10-4-6-12-25(21)33-19-22/h1-19H. The van der Waals surface area contributed by atoms with Crippen LogP contribution in [0, 0.1) is 0 Å². The zero-order valence-corrected chi connectivity index (χ0v) is 20.0. The number of hydrogen-bond donors (Lipinski definition) is 0. The van der Waals surface area contributed by atoms with Crippen molar-refractivity contribution in [2.45, 2.75) is 0 Å². The van der Waals surface area contributed by atoms with Gasteiger partial charge in [0.05, 0.1) is 39.6 Å². The number of thiophene rings is 1. The number of hydrogen-bond acceptors (Lipinski definition) is 3. The molecule has 8 rings (SSSR count). The Hall–Kier alpha value is -4.54. The van der Waals surface area contributed by atoms with Gasteiger partial charge in [-0.15, -0.1) is 11.3 Å². The van der Waals surface area contributed by atoms with Gasteiger partial charge in [0.25, 0.3) is 0 Å². The number of aromatic nitrogens is 3. The Kier molecular flexibility index (Phi) is 4.10. The Labute approximate surface area is 210 Å². The van der Waals surface area contributed by atoms with Gasteiger partial charge in [0.2, 0.25) is 0 Å². The molecule has 0 saturated heterocycles. The maximum Gasteiger partial charge on any atom is 0.0985 e. The third-order valence-corrected chi connectivity index (χ3v) is 8.23. The Morgan fingerprint density at radius 2 is 1.47 bits per heavy atom. The first kappa shape index (κ1) is 19.7.